The summed E-state index contributed by atoms with van der Waals surface area (Å²) >= 11 is 0. The predicted molar refractivity (Wildman–Crippen MR) is 101 cm³/mol. The average molecular weight is 373 g/mol. The van der Waals surface area contributed by atoms with Crippen LogP contribution in [0.1, 0.15) is 59.8 Å². The zero-order chi connectivity index (χ0) is 20.3. The molecule has 152 valence electrons. The number of carboxylic acid groups (broad SMARTS) is 1. The molecule has 0 aromatic heterocycles. The van der Waals surface area contributed by atoms with Crippen LogP contribution in [0.25, 0.3) is 0 Å². The summed E-state index contributed by atoms with van der Waals surface area (Å²) in [5, 5.41) is 14.5. The van der Waals surface area contributed by atoms with Gasteiger partial charge in [-0.3, -0.25) is 9.59 Å². The second-order valence-electron chi connectivity index (χ2n) is 7.61. The van der Waals surface area contributed by atoms with Crippen LogP contribution in [0.5, 0.6) is 0 Å². The molecule has 0 aliphatic carbocycles. The van der Waals surface area contributed by atoms with E-state index in [-0.39, 0.29) is 11.8 Å². The quantitative estimate of drug-likeness (QED) is 0.299. The van der Waals surface area contributed by atoms with Gasteiger partial charge in [0.25, 0.3) is 0 Å². The van der Waals surface area contributed by atoms with Crippen LogP contribution in [-0.4, -0.2) is 47.6 Å². The van der Waals surface area contributed by atoms with Gasteiger partial charge < -0.3 is 27.2 Å². The van der Waals surface area contributed by atoms with Gasteiger partial charge >= 0.3 is 5.97 Å². The molecule has 0 rings (SSSR count). The van der Waals surface area contributed by atoms with Crippen molar-refractivity contribution in [1.29, 1.82) is 0 Å². The highest BCUT2D eigenvalue weighted by Gasteiger charge is 2.28. The van der Waals surface area contributed by atoms with E-state index in [1.54, 1.807) is 0 Å². The number of hydrogen-bond donors (Lipinski definition) is 5. The standard InChI is InChI=1S/C18H36N4O4/c1-11(2)9-13(20)16(23)22-15(10-12(3)4)17(24)21-14(18(25)26)7-5-6-8-19/h11-15H,5-10,19-20H2,1-4H3,(H,21,24)(H,22,23)(H,25,26)/t13-,14+,15+/m1/s1. The molecule has 0 heterocycles. The molecule has 0 aromatic rings. The van der Waals surface area contributed by atoms with Crippen LogP contribution in [0.15, 0.2) is 0 Å². The molecule has 0 radical (unpaired) electrons. The van der Waals surface area contributed by atoms with Crippen molar-refractivity contribution in [2.45, 2.75) is 77.9 Å². The number of carboxylic acids is 1. The normalized spacial score (nSPS) is 14.8. The molecule has 0 spiro atoms. The Morgan fingerprint density at radius 3 is 1.88 bits per heavy atom. The van der Waals surface area contributed by atoms with E-state index in [2.05, 4.69) is 10.6 Å². The second-order valence-corrected chi connectivity index (χ2v) is 7.61. The van der Waals surface area contributed by atoms with E-state index in [0.717, 1.165) is 0 Å². The van der Waals surface area contributed by atoms with Crippen LogP contribution in [-0.2, 0) is 14.4 Å². The fourth-order valence-electron chi connectivity index (χ4n) is 2.62. The van der Waals surface area contributed by atoms with E-state index in [1.165, 1.54) is 0 Å². The number of unbranched alkanes of at least 4 members (excludes halogenated alkanes) is 1. The smallest absolute Gasteiger partial charge is 0.326 e. The average Bonchev–Trinajstić information content (AvgIpc) is 2.51. The lowest BCUT2D eigenvalue weighted by Gasteiger charge is -2.24. The maximum atomic E-state index is 12.6. The molecule has 0 aliphatic rings. The first-order chi connectivity index (χ1) is 12.1. The van der Waals surface area contributed by atoms with Crippen LogP contribution in [0, 0.1) is 11.8 Å². The summed E-state index contributed by atoms with van der Waals surface area (Å²) < 4.78 is 0. The van der Waals surface area contributed by atoms with E-state index >= 15 is 0 Å². The number of amides is 2. The molecule has 7 N–H and O–H groups in total. The molecule has 0 aromatic carbocycles. The van der Waals surface area contributed by atoms with Crippen molar-refractivity contribution < 1.29 is 19.5 Å². The van der Waals surface area contributed by atoms with E-state index < -0.39 is 35.9 Å². The first-order valence-electron chi connectivity index (χ1n) is 9.37. The number of hydrogen-bond acceptors (Lipinski definition) is 5. The zero-order valence-electron chi connectivity index (χ0n) is 16.5. The Labute approximate surface area is 156 Å². The monoisotopic (exact) mass is 372 g/mol. The SMILES string of the molecule is CC(C)C[C@@H](N)C(=O)N[C@@H](CC(C)C)C(=O)N[C@@H](CCCCN)C(=O)O. The minimum atomic E-state index is -1.10. The largest absolute Gasteiger partial charge is 0.480 e. The van der Waals surface area contributed by atoms with Crippen molar-refractivity contribution in [1.82, 2.24) is 10.6 Å². The molecule has 8 nitrogen and oxygen atoms in total. The number of carbonyl (C=O) groups excluding carboxylic acids is 2. The second kappa shape index (κ2) is 12.6. The van der Waals surface area contributed by atoms with Gasteiger partial charge in [0.1, 0.15) is 12.1 Å². The fraction of sp³-hybridized carbons (Fsp3) is 0.833. The van der Waals surface area contributed by atoms with Crippen LogP contribution in [0.4, 0.5) is 0 Å². The van der Waals surface area contributed by atoms with Gasteiger partial charge in [-0.1, -0.05) is 27.7 Å². The van der Waals surface area contributed by atoms with Gasteiger partial charge in [0.15, 0.2) is 0 Å². The summed E-state index contributed by atoms with van der Waals surface area (Å²) in [6.07, 6.45) is 2.51. The van der Waals surface area contributed by atoms with Crippen LogP contribution in [0.3, 0.4) is 0 Å². The van der Waals surface area contributed by atoms with Crippen LogP contribution >= 0.6 is 0 Å². The molecule has 3 atom stereocenters. The summed E-state index contributed by atoms with van der Waals surface area (Å²) in [7, 11) is 0. The Balaban J connectivity index is 4.94. The van der Waals surface area contributed by atoms with Crippen molar-refractivity contribution in [2.24, 2.45) is 23.3 Å². The first-order valence-corrected chi connectivity index (χ1v) is 9.37. The molecule has 0 bridgehead atoms. The van der Waals surface area contributed by atoms with Crippen molar-refractivity contribution in [2.75, 3.05) is 6.54 Å². The Bertz CT molecular complexity index is 454. The minimum absolute atomic E-state index is 0.146. The molecule has 0 saturated heterocycles. The van der Waals surface area contributed by atoms with Crippen LogP contribution < -0.4 is 22.1 Å². The van der Waals surface area contributed by atoms with Gasteiger partial charge in [-0.2, -0.15) is 0 Å². The van der Waals surface area contributed by atoms with Crippen LogP contribution in [0.2, 0.25) is 0 Å². The van der Waals surface area contributed by atoms with E-state index in [4.69, 9.17) is 11.5 Å². The number of aliphatic carboxylic acids is 1. The summed E-state index contributed by atoms with van der Waals surface area (Å²) in [4.78, 5) is 36.2. The molecular weight excluding hydrogens is 336 g/mol. The topological polar surface area (TPSA) is 148 Å². The first kappa shape index (κ1) is 24.3. The third kappa shape index (κ3) is 10.4. The van der Waals surface area contributed by atoms with Gasteiger partial charge in [-0.15, -0.1) is 0 Å². The maximum Gasteiger partial charge on any atom is 0.326 e. The van der Waals surface area contributed by atoms with Gasteiger partial charge in [-0.05, 0) is 50.5 Å². The molecular formula is C18H36N4O4. The molecule has 0 fully saturated rings. The number of rotatable bonds is 13. The van der Waals surface area contributed by atoms with Gasteiger partial charge in [0.05, 0.1) is 6.04 Å². The lowest BCUT2D eigenvalue weighted by Crippen LogP contribution is -2.55. The van der Waals surface area contributed by atoms with Gasteiger partial charge in [0.2, 0.25) is 11.8 Å². The summed E-state index contributed by atoms with van der Waals surface area (Å²) in [5.41, 5.74) is 11.3. The third-order valence-corrected chi connectivity index (χ3v) is 3.96. The summed E-state index contributed by atoms with van der Waals surface area (Å²) in [5.74, 6) is -1.58. The Morgan fingerprint density at radius 1 is 0.885 bits per heavy atom. The Kier molecular flexibility index (Phi) is 11.8. The summed E-state index contributed by atoms with van der Waals surface area (Å²) in [6.45, 7) is 8.25. The van der Waals surface area contributed by atoms with Gasteiger partial charge in [-0.25, -0.2) is 4.79 Å². The predicted octanol–water partition coefficient (Wildman–Crippen LogP) is 0.589. The molecule has 8 heteroatoms. The lowest BCUT2D eigenvalue weighted by molar-refractivity contribution is -0.142. The minimum Gasteiger partial charge on any atom is -0.480 e. The zero-order valence-corrected chi connectivity index (χ0v) is 16.5. The number of nitrogens with one attached hydrogen (secondary N) is 2. The Hall–Kier alpha value is -1.67. The highest BCUT2D eigenvalue weighted by Crippen LogP contribution is 2.09. The number of carbonyl (C=O) groups is 3. The van der Waals surface area contributed by atoms with E-state index in [0.29, 0.717) is 38.6 Å². The van der Waals surface area contributed by atoms with Crippen molar-refractivity contribution >= 4 is 17.8 Å². The summed E-state index contributed by atoms with van der Waals surface area (Å²) in [6, 6.07) is -2.50. The third-order valence-electron chi connectivity index (χ3n) is 3.96. The van der Waals surface area contributed by atoms with Crippen molar-refractivity contribution in [3.8, 4) is 0 Å². The fourth-order valence-corrected chi connectivity index (χ4v) is 2.62. The molecule has 0 aliphatic heterocycles. The lowest BCUT2D eigenvalue weighted by atomic mass is 10.00. The molecule has 0 saturated carbocycles. The van der Waals surface area contributed by atoms with Crippen molar-refractivity contribution in [3.63, 3.8) is 0 Å². The molecule has 0 unspecified atom stereocenters. The molecule has 2 amide bonds. The highest BCUT2D eigenvalue weighted by atomic mass is 16.4. The van der Waals surface area contributed by atoms with E-state index in [1.807, 2.05) is 27.7 Å². The van der Waals surface area contributed by atoms with Crippen molar-refractivity contribution in [3.05, 3.63) is 0 Å². The maximum absolute atomic E-state index is 12.6. The molecule has 26 heavy (non-hydrogen) atoms. The van der Waals surface area contributed by atoms with E-state index in [9.17, 15) is 19.5 Å². The van der Waals surface area contributed by atoms with Gasteiger partial charge in [0, 0.05) is 0 Å². The highest BCUT2D eigenvalue weighted by molar-refractivity contribution is 5.91. The Morgan fingerprint density at radius 2 is 1.42 bits per heavy atom. The number of nitrogens with two attached hydrogens (primary N) is 2.